The Kier molecular flexibility index (Phi) is 5.95. The zero-order valence-corrected chi connectivity index (χ0v) is 12.0. The van der Waals surface area contributed by atoms with Gasteiger partial charge in [-0.1, -0.05) is 6.07 Å². The van der Waals surface area contributed by atoms with Crippen LogP contribution in [0, 0.1) is 0 Å². The van der Waals surface area contributed by atoms with Crippen LogP contribution < -0.4 is 5.32 Å². The van der Waals surface area contributed by atoms with Gasteiger partial charge < -0.3 is 15.0 Å². The van der Waals surface area contributed by atoms with Crippen LogP contribution in [0.2, 0.25) is 0 Å². The summed E-state index contributed by atoms with van der Waals surface area (Å²) < 4.78 is 5.75. The largest absolute Gasteiger partial charge is 0.378 e. The molecule has 0 aliphatic carbocycles. The average molecular weight is 277 g/mol. The van der Waals surface area contributed by atoms with E-state index in [0.29, 0.717) is 25.7 Å². The van der Waals surface area contributed by atoms with Gasteiger partial charge in [-0.05, 0) is 37.6 Å². The van der Waals surface area contributed by atoms with Crippen LogP contribution in [0.15, 0.2) is 24.5 Å². The lowest BCUT2D eigenvalue weighted by Gasteiger charge is -2.23. The Bertz CT molecular complexity index is 405. The van der Waals surface area contributed by atoms with E-state index in [1.54, 1.807) is 17.3 Å². The quantitative estimate of drug-likeness (QED) is 0.849. The average Bonchev–Trinajstić information content (AvgIpc) is 2.49. The number of hydrogen-bond donors (Lipinski definition) is 1. The monoisotopic (exact) mass is 277 g/mol. The summed E-state index contributed by atoms with van der Waals surface area (Å²) >= 11 is 0. The fourth-order valence-electron chi connectivity index (χ4n) is 2.32. The van der Waals surface area contributed by atoms with Gasteiger partial charge in [0, 0.05) is 26.0 Å². The summed E-state index contributed by atoms with van der Waals surface area (Å²) in [7, 11) is 1.82. The highest BCUT2D eigenvalue weighted by molar-refractivity contribution is 5.75. The van der Waals surface area contributed by atoms with Crippen molar-refractivity contribution in [2.75, 3.05) is 26.7 Å². The number of hydrogen-bond acceptors (Lipinski definition) is 4. The summed E-state index contributed by atoms with van der Waals surface area (Å²) in [5, 5.41) is 3.30. The third-order valence-electron chi connectivity index (χ3n) is 3.52. The van der Waals surface area contributed by atoms with Gasteiger partial charge in [-0.25, -0.2) is 0 Å². The molecule has 0 aromatic carbocycles. The molecule has 0 radical (unpaired) electrons. The van der Waals surface area contributed by atoms with Crippen LogP contribution >= 0.6 is 0 Å². The Morgan fingerprint density at radius 3 is 3.00 bits per heavy atom. The van der Waals surface area contributed by atoms with E-state index in [9.17, 15) is 4.79 Å². The van der Waals surface area contributed by atoms with E-state index in [1.165, 1.54) is 0 Å². The normalized spacial score (nSPS) is 16.1. The molecule has 2 rings (SSSR count). The fourth-order valence-corrected chi connectivity index (χ4v) is 2.32. The molecule has 1 aromatic heterocycles. The molecule has 5 heteroatoms. The van der Waals surface area contributed by atoms with Gasteiger partial charge in [0.05, 0.1) is 19.1 Å². The predicted molar refractivity (Wildman–Crippen MR) is 77.2 cm³/mol. The molecule has 0 bridgehead atoms. The first-order chi connectivity index (χ1) is 9.75. The topological polar surface area (TPSA) is 54.5 Å². The summed E-state index contributed by atoms with van der Waals surface area (Å²) in [5.74, 6) is 0.114. The first-order valence-electron chi connectivity index (χ1n) is 7.21. The number of amides is 1. The zero-order valence-electron chi connectivity index (χ0n) is 12.0. The summed E-state index contributed by atoms with van der Waals surface area (Å²) in [4.78, 5) is 17.8. The number of nitrogens with zero attached hydrogens (tertiary/aromatic N) is 2. The van der Waals surface area contributed by atoms with E-state index in [1.807, 2.05) is 19.2 Å². The van der Waals surface area contributed by atoms with Crippen LogP contribution in [0.1, 0.15) is 24.8 Å². The first-order valence-corrected chi connectivity index (χ1v) is 7.21. The minimum atomic E-state index is 0.114. The maximum atomic E-state index is 12.0. The molecule has 0 unspecified atom stereocenters. The van der Waals surface area contributed by atoms with E-state index >= 15 is 0 Å². The second-order valence-electron chi connectivity index (χ2n) is 5.18. The minimum Gasteiger partial charge on any atom is -0.378 e. The summed E-state index contributed by atoms with van der Waals surface area (Å²) in [6.07, 6.45) is 6.36. The molecule has 110 valence electrons. The van der Waals surface area contributed by atoms with E-state index < -0.39 is 0 Å². The third-order valence-corrected chi connectivity index (χ3v) is 3.52. The first kappa shape index (κ1) is 14.9. The van der Waals surface area contributed by atoms with Gasteiger partial charge in [0.15, 0.2) is 0 Å². The molecular formula is C15H23N3O2. The lowest BCUT2D eigenvalue weighted by atomic mass is 10.1. The number of piperidine rings is 1. The summed E-state index contributed by atoms with van der Waals surface area (Å²) in [6, 6.07) is 3.86. The highest BCUT2D eigenvalue weighted by Gasteiger charge is 2.15. The lowest BCUT2D eigenvalue weighted by Crippen LogP contribution is -2.33. The molecular weight excluding hydrogens is 254 g/mol. The Hall–Kier alpha value is -1.46. The van der Waals surface area contributed by atoms with Crippen molar-refractivity contribution in [3.8, 4) is 0 Å². The van der Waals surface area contributed by atoms with Crippen LogP contribution in [0.4, 0.5) is 0 Å². The van der Waals surface area contributed by atoms with E-state index in [4.69, 9.17) is 4.74 Å². The molecule has 1 saturated heterocycles. The lowest BCUT2D eigenvalue weighted by molar-refractivity contribution is -0.132. The van der Waals surface area contributed by atoms with Crippen LogP contribution in [0.5, 0.6) is 0 Å². The van der Waals surface area contributed by atoms with Gasteiger partial charge in [-0.2, -0.15) is 0 Å². The van der Waals surface area contributed by atoms with Crippen LogP contribution in [-0.2, 0) is 16.1 Å². The van der Waals surface area contributed by atoms with Crippen LogP contribution in [0.25, 0.3) is 0 Å². The Morgan fingerprint density at radius 1 is 1.50 bits per heavy atom. The van der Waals surface area contributed by atoms with Gasteiger partial charge in [-0.3, -0.25) is 9.78 Å². The maximum Gasteiger partial charge on any atom is 0.224 e. The van der Waals surface area contributed by atoms with Gasteiger partial charge in [-0.15, -0.1) is 0 Å². The molecule has 1 aliphatic heterocycles. The van der Waals surface area contributed by atoms with Crippen molar-refractivity contribution < 1.29 is 9.53 Å². The van der Waals surface area contributed by atoms with Crippen molar-refractivity contribution in [3.63, 3.8) is 0 Å². The van der Waals surface area contributed by atoms with Crippen molar-refractivity contribution in [2.45, 2.75) is 31.9 Å². The fraction of sp³-hybridized carbons (Fsp3) is 0.600. The number of nitrogens with one attached hydrogen (secondary N) is 1. The Labute approximate surface area is 120 Å². The molecule has 1 amide bonds. The molecule has 0 spiro atoms. The number of pyridine rings is 1. The standard InChI is InChI=1S/C15H23N3O2/c1-18(12-13-3-2-7-17-11-13)15(19)6-10-20-14-4-8-16-9-5-14/h2-3,7,11,14,16H,4-6,8-10,12H2,1H3. The second kappa shape index (κ2) is 7.97. The van der Waals surface area contributed by atoms with Crippen molar-refractivity contribution in [1.29, 1.82) is 0 Å². The van der Waals surface area contributed by atoms with E-state index in [2.05, 4.69) is 10.3 Å². The highest BCUT2D eigenvalue weighted by Crippen LogP contribution is 2.08. The summed E-state index contributed by atoms with van der Waals surface area (Å²) in [5.41, 5.74) is 1.04. The van der Waals surface area contributed by atoms with Gasteiger partial charge in [0.1, 0.15) is 0 Å². The van der Waals surface area contributed by atoms with E-state index in [0.717, 1.165) is 31.5 Å². The van der Waals surface area contributed by atoms with Gasteiger partial charge >= 0.3 is 0 Å². The molecule has 20 heavy (non-hydrogen) atoms. The molecule has 1 aromatic rings. The van der Waals surface area contributed by atoms with E-state index in [-0.39, 0.29) is 5.91 Å². The molecule has 0 saturated carbocycles. The highest BCUT2D eigenvalue weighted by atomic mass is 16.5. The minimum absolute atomic E-state index is 0.114. The van der Waals surface area contributed by atoms with Gasteiger partial charge in [0.25, 0.3) is 0 Å². The molecule has 1 aliphatic rings. The smallest absolute Gasteiger partial charge is 0.224 e. The zero-order chi connectivity index (χ0) is 14.2. The summed E-state index contributed by atoms with van der Waals surface area (Å²) in [6.45, 7) is 3.14. The Balaban J connectivity index is 1.66. The predicted octanol–water partition coefficient (Wildman–Crippen LogP) is 1.20. The number of carbonyl (C=O) groups is 1. The van der Waals surface area contributed by atoms with Crippen molar-refractivity contribution in [2.24, 2.45) is 0 Å². The third kappa shape index (κ3) is 4.90. The number of aromatic nitrogens is 1. The van der Waals surface area contributed by atoms with Crippen LogP contribution in [0.3, 0.4) is 0 Å². The maximum absolute atomic E-state index is 12.0. The number of ether oxygens (including phenoxy) is 1. The molecule has 5 nitrogen and oxygen atoms in total. The molecule has 2 heterocycles. The van der Waals surface area contributed by atoms with Crippen molar-refractivity contribution in [1.82, 2.24) is 15.2 Å². The van der Waals surface area contributed by atoms with Crippen LogP contribution in [-0.4, -0.2) is 48.6 Å². The molecule has 0 atom stereocenters. The number of rotatable bonds is 6. The Morgan fingerprint density at radius 2 is 2.30 bits per heavy atom. The second-order valence-corrected chi connectivity index (χ2v) is 5.18. The van der Waals surface area contributed by atoms with Crippen molar-refractivity contribution in [3.05, 3.63) is 30.1 Å². The van der Waals surface area contributed by atoms with Gasteiger partial charge in [0.2, 0.25) is 5.91 Å². The SMILES string of the molecule is CN(Cc1cccnc1)C(=O)CCOC1CCNCC1. The van der Waals surface area contributed by atoms with Crippen molar-refractivity contribution >= 4 is 5.91 Å². The number of carbonyl (C=O) groups excluding carboxylic acids is 1. The molecule has 1 N–H and O–H groups in total. The molecule has 1 fully saturated rings.